The zero-order valence-electron chi connectivity index (χ0n) is 11.9. The summed E-state index contributed by atoms with van der Waals surface area (Å²) >= 11 is 0. The minimum Gasteiger partial charge on any atom is -0.341 e. The second-order valence-corrected chi connectivity index (χ2v) is 5.78. The van der Waals surface area contributed by atoms with E-state index in [0.717, 1.165) is 25.9 Å². The van der Waals surface area contributed by atoms with Gasteiger partial charge in [-0.15, -0.1) is 0 Å². The molecule has 2 N–H and O–H groups in total. The van der Waals surface area contributed by atoms with Crippen LogP contribution in [0.4, 0.5) is 0 Å². The maximum absolute atomic E-state index is 12.0. The number of aryl methyl sites for hydroxylation is 1. The summed E-state index contributed by atoms with van der Waals surface area (Å²) in [5, 5.41) is 0. The monoisotopic (exact) mass is 260 g/mol. The molecule has 1 atom stereocenters. The van der Waals surface area contributed by atoms with Gasteiger partial charge in [0.15, 0.2) is 0 Å². The number of likely N-dealkylation sites (tertiary alicyclic amines) is 1. The average Bonchev–Trinajstić information content (AvgIpc) is 2.83. The standard InChI is InChI=1S/C16H24N2O/c1-12(2)14-6-3-13(4-7-14)5-8-16(19)18-10-9-15(17)11-18/h3-4,6-7,12,15H,5,8-11,17H2,1-2H3/t15-/m1/s1. The number of hydrogen-bond acceptors (Lipinski definition) is 2. The maximum atomic E-state index is 12.0. The van der Waals surface area contributed by atoms with Crippen LogP contribution in [0.1, 0.15) is 43.7 Å². The molecule has 1 amide bonds. The lowest BCUT2D eigenvalue weighted by Gasteiger charge is -2.15. The van der Waals surface area contributed by atoms with Gasteiger partial charge in [-0.2, -0.15) is 0 Å². The average molecular weight is 260 g/mol. The first-order valence-electron chi connectivity index (χ1n) is 7.18. The van der Waals surface area contributed by atoms with E-state index in [9.17, 15) is 4.79 Å². The molecule has 0 saturated carbocycles. The molecule has 3 heteroatoms. The van der Waals surface area contributed by atoms with E-state index in [-0.39, 0.29) is 11.9 Å². The number of hydrogen-bond donors (Lipinski definition) is 1. The number of rotatable bonds is 4. The van der Waals surface area contributed by atoms with Gasteiger partial charge in [-0.3, -0.25) is 4.79 Å². The van der Waals surface area contributed by atoms with Crippen molar-refractivity contribution in [3.8, 4) is 0 Å². The quantitative estimate of drug-likeness (QED) is 0.903. The number of nitrogens with zero attached hydrogens (tertiary/aromatic N) is 1. The van der Waals surface area contributed by atoms with Gasteiger partial charge in [0.2, 0.25) is 5.91 Å². The smallest absolute Gasteiger partial charge is 0.222 e. The van der Waals surface area contributed by atoms with Gasteiger partial charge in [0, 0.05) is 25.6 Å². The van der Waals surface area contributed by atoms with Crippen LogP contribution in [0.3, 0.4) is 0 Å². The summed E-state index contributed by atoms with van der Waals surface area (Å²) < 4.78 is 0. The van der Waals surface area contributed by atoms with Gasteiger partial charge in [0.25, 0.3) is 0 Å². The molecule has 1 aliphatic rings. The highest BCUT2D eigenvalue weighted by atomic mass is 16.2. The molecule has 0 aromatic heterocycles. The summed E-state index contributed by atoms with van der Waals surface area (Å²) in [6.45, 7) is 5.93. The van der Waals surface area contributed by atoms with E-state index in [2.05, 4.69) is 38.1 Å². The van der Waals surface area contributed by atoms with Crippen molar-refractivity contribution in [3.05, 3.63) is 35.4 Å². The molecule has 1 aliphatic heterocycles. The molecule has 0 radical (unpaired) electrons. The lowest BCUT2D eigenvalue weighted by molar-refractivity contribution is -0.130. The van der Waals surface area contributed by atoms with E-state index < -0.39 is 0 Å². The first-order chi connectivity index (χ1) is 9.06. The van der Waals surface area contributed by atoms with E-state index in [1.165, 1.54) is 11.1 Å². The third kappa shape index (κ3) is 3.80. The molecule has 3 nitrogen and oxygen atoms in total. The summed E-state index contributed by atoms with van der Waals surface area (Å²) in [7, 11) is 0. The Labute approximate surface area is 115 Å². The van der Waals surface area contributed by atoms with E-state index >= 15 is 0 Å². The van der Waals surface area contributed by atoms with Gasteiger partial charge in [0.05, 0.1) is 0 Å². The highest BCUT2D eigenvalue weighted by molar-refractivity contribution is 5.76. The predicted octanol–water partition coefficient (Wildman–Crippen LogP) is 2.30. The maximum Gasteiger partial charge on any atom is 0.222 e. The summed E-state index contributed by atoms with van der Waals surface area (Å²) in [6.07, 6.45) is 2.35. The molecule has 19 heavy (non-hydrogen) atoms. The Morgan fingerprint density at radius 2 is 2.05 bits per heavy atom. The summed E-state index contributed by atoms with van der Waals surface area (Å²) in [5.74, 6) is 0.794. The number of nitrogens with two attached hydrogens (primary N) is 1. The van der Waals surface area contributed by atoms with Crippen LogP contribution in [0.25, 0.3) is 0 Å². The van der Waals surface area contributed by atoms with Crippen molar-refractivity contribution < 1.29 is 4.79 Å². The van der Waals surface area contributed by atoms with Crippen LogP contribution in [-0.2, 0) is 11.2 Å². The van der Waals surface area contributed by atoms with Crippen molar-refractivity contribution in [3.63, 3.8) is 0 Å². The highest BCUT2D eigenvalue weighted by Gasteiger charge is 2.22. The Morgan fingerprint density at radius 3 is 2.58 bits per heavy atom. The van der Waals surface area contributed by atoms with Crippen LogP contribution in [0.5, 0.6) is 0 Å². The number of benzene rings is 1. The Bertz CT molecular complexity index is 425. The van der Waals surface area contributed by atoms with Crippen LogP contribution in [0.2, 0.25) is 0 Å². The van der Waals surface area contributed by atoms with E-state index in [0.29, 0.717) is 12.3 Å². The zero-order valence-corrected chi connectivity index (χ0v) is 11.9. The second-order valence-electron chi connectivity index (χ2n) is 5.78. The highest BCUT2D eigenvalue weighted by Crippen LogP contribution is 2.16. The van der Waals surface area contributed by atoms with E-state index in [1.807, 2.05) is 4.90 Å². The fourth-order valence-electron chi connectivity index (χ4n) is 2.49. The molecule has 1 saturated heterocycles. The van der Waals surface area contributed by atoms with Gasteiger partial charge < -0.3 is 10.6 Å². The zero-order chi connectivity index (χ0) is 13.8. The first kappa shape index (κ1) is 14.1. The molecule has 0 bridgehead atoms. The molecule has 0 aliphatic carbocycles. The fraction of sp³-hybridized carbons (Fsp3) is 0.562. The van der Waals surface area contributed by atoms with Crippen molar-refractivity contribution >= 4 is 5.91 Å². The summed E-state index contributed by atoms with van der Waals surface area (Å²) in [5.41, 5.74) is 8.41. The molecule has 2 rings (SSSR count). The Balaban J connectivity index is 1.83. The lowest BCUT2D eigenvalue weighted by atomic mass is 10.0. The Morgan fingerprint density at radius 1 is 1.37 bits per heavy atom. The number of carbonyl (C=O) groups is 1. The summed E-state index contributed by atoms with van der Waals surface area (Å²) in [4.78, 5) is 13.9. The molecule has 0 spiro atoms. The molecule has 1 fully saturated rings. The van der Waals surface area contributed by atoms with E-state index in [1.54, 1.807) is 0 Å². The SMILES string of the molecule is CC(C)c1ccc(CCC(=O)N2CC[C@@H](N)C2)cc1. The van der Waals surface area contributed by atoms with Crippen molar-refractivity contribution in [2.24, 2.45) is 5.73 Å². The predicted molar refractivity (Wildman–Crippen MR) is 78.0 cm³/mol. The van der Waals surface area contributed by atoms with Gasteiger partial charge in [-0.05, 0) is 29.9 Å². The van der Waals surface area contributed by atoms with Crippen molar-refractivity contribution in [1.29, 1.82) is 0 Å². The number of carbonyl (C=O) groups excluding carboxylic acids is 1. The third-order valence-corrected chi connectivity index (χ3v) is 3.85. The molecule has 1 heterocycles. The van der Waals surface area contributed by atoms with Crippen LogP contribution >= 0.6 is 0 Å². The third-order valence-electron chi connectivity index (χ3n) is 3.85. The largest absolute Gasteiger partial charge is 0.341 e. The molecular formula is C16H24N2O. The minimum absolute atomic E-state index is 0.175. The van der Waals surface area contributed by atoms with E-state index in [4.69, 9.17) is 5.73 Å². The Hall–Kier alpha value is -1.35. The molecule has 104 valence electrons. The van der Waals surface area contributed by atoms with Crippen molar-refractivity contribution in [2.75, 3.05) is 13.1 Å². The Kier molecular flexibility index (Phi) is 4.59. The molecule has 0 unspecified atom stereocenters. The minimum atomic E-state index is 0.175. The van der Waals surface area contributed by atoms with Crippen molar-refractivity contribution in [2.45, 2.75) is 45.1 Å². The van der Waals surface area contributed by atoms with Crippen LogP contribution < -0.4 is 5.73 Å². The topological polar surface area (TPSA) is 46.3 Å². The summed E-state index contributed by atoms with van der Waals surface area (Å²) in [6, 6.07) is 8.78. The second kappa shape index (κ2) is 6.20. The van der Waals surface area contributed by atoms with Gasteiger partial charge in [0.1, 0.15) is 0 Å². The molecular weight excluding hydrogens is 236 g/mol. The van der Waals surface area contributed by atoms with Crippen LogP contribution in [0, 0.1) is 0 Å². The van der Waals surface area contributed by atoms with Crippen molar-refractivity contribution in [1.82, 2.24) is 4.90 Å². The number of amides is 1. The fourth-order valence-corrected chi connectivity index (χ4v) is 2.49. The van der Waals surface area contributed by atoms with Crippen LogP contribution in [-0.4, -0.2) is 29.9 Å². The van der Waals surface area contributed by atoms with Gasteiger partial charge in [-0.25, -0.2) is 0 Å². The van der Waals surface area contributed by atoms with Crippen LogP contribution in [0.15, 0.2) is 24.3 Å². The molecule has 1 aromatic rings. The lowest BCUT2D eigenvalue weighted by Crippen LogP contribution is -2.31. The van der Waals surface area contributed by atoms with Gasteiger partial charge >= 0.3 is 0 Å². The first-order valence-corrected chi connectivity index (χ1v) is 7.18. The van der Waals surface area contributed by atoms with Gasteiger partial charge in [-0.1, -0.05) is 38.1 Å². The molecule has 1 aromatic carbocycles. The normalized spacial score (nSPS) is 19.2.